The van der Waals surface area contributed by atoms with Crippen LogP contribution in [0.5, 0.6) is 0 Å². The van der Waals surface area contributed by atoms with Gasteiger partial charge >= 0.3 is 0 Å². The van der Waals surface area contributed by atoms with Crippen LogP contribution in [-0.4, -0.2) is 28.5 Å². The van der Waals surface area contributed by atoms with Gasteiger partial charge in [0, 0.05) is 0 Å². The van der Waals surface area contributed by atoms with Crippen LogP contribution in [0.4, 0.5) is 0 Å². The van der Waals surface area contributed by atoms with E-state index in [9.17, 15) is 0 Å². The van der Waals surface area contributed by atoms with Gasteiger partial charge < -0.3 is 0 Å². The maximum atomic E-state index is 2.52. The minimum Gasteiger partial charge on any atom is -0.0965 e. The summed E-state index contributed by atoms with van der Waals surface area (Å²) in [5.41, 5.74) is 4.23. The van der Waals surface area contributed by atoms with E-state index in [1.54, 1.807) is 31.6 Å². The van der Waals surface area contributed by atoms with Crippen molar-refractivity contribution < 1.29 is 0 Å². The van der Waals surface area contributed by atoms with E-state index >= 15 is 0 Å². The number of rotatable bonds is 6. The van der Waals surface area contributed by atoms with Gasteiger partial charge in [-0.15, -0.1) is 0 Å². The molecule has 2 saturated carbocycles. The van der Waals surface area contributed by atoms with Crippen molar-refractivity contribution in [1.82, 2.24) is 0 Å². The van der Waals surface area contributed by atoms with E-state index in [0.717, 1.165) is 22.6 Å². The summed E-state index contributed by atoms with van der Waals surface area (Å²) in [6.45, 7) is 10.1. The van der Waals surface area contributed by atoms with Gasteiger partial charge in [-0.2, -0.15) is 0 Å². The summed E-state index contributed by atoms with van der Waals surface area (Å²) < 4.78 is 0. The molecular formula is C17H34P2. The van der Waals surface area contributed by atoms with Gasteiger partial charge in [-0.3, -0.25) is 0 Å². The normalized spacial score (nSPS) is 25.6. The first-order valence-corrected chi connectivity index (χ1v) is 11.9. The van der Waals surface area contributed by atoms with Gasteiger partial charge in [0.25, 0.3) is 0 Å². The molecule has 2 rings (SSSR count). The summed E-state index contributed by atoms with van der Waals surface area (Å²) in [6, 6.07) is 0. The van der Waals surface area contributed by atoms with Crippen molar-refractivity contribution in [2.45, 2.75) is 102 Å². The van der Waals surface area contributed by atoms with Crippen LogP contribution in [0, 0.1) is 0 Å². The molecule has 0 saturated heterocycles. The lowest BCUT2D eigenvalue weighted by Gasteiger charge is -2.36. The summed E-state index contributed by atoms with van der Waals surface area (Å²) in [6.07, 6.45) is 12.4. The average molecular weight is 300 g/mol. The lowest BCUT2D eigenvalue weighted by atomic mass is 10.4. The van der Waals surface area contributed by atoms with E-state index in [0.29, 0.717) is 15.8 Å². The minimum atomic E-state index is 0.320. The molecule has 2 fully saturated rings. The van der Waals surface area contributed by atoms with Crippen LogP contribution >= 0.6 is 15.8 Å². The second-order valence-corrected chi connectivity index (χ2v) is 13.9. The first-order valence-electron chi connectivity index (χ1n) is 8.61. The third-order valence-electron chi connectivity index (χ3n) is 5.24. The number of hydrogen-bond acceptors (Lipinski definition) is 0. The van der Waals surface area contributed by atoms with E-state index < -0.39 is 0 Å². The first kappa shape index (κ1) is 16.2. The van der Waals surface area contributed by atoms with Crippen molar-refractivity contribution in [1.29, 1.82) is 0 Å². The quantitative estimate of drug-likeness (QED) is 0.484. The Morgan fingerprint density at radius 2 is 1.00 bits per heavy atom. The van der Waals surface area contributed by atoms with Gasteiger partial charge in [0.15, 0.2) is 0 Å². The maximum absolute atomic E-state index is 2.52. The fraction of sp³-hybridized carbons (Fsp3) is 1.00. The molecule has 0 radical (unpaired) electrons. The summed E-state index contributed by atoms with van der Waals surface area (Å²) in [5.74, 6) is 1.66. The third kappa shape index (κ3) is 4.41. The smallest absolute Gasteiger partial charge is 0.0111 e. The molecule has 0 aliphatic heterocycles. The molecule has 0 bridgehead atoms. The molecule has 2 atom stereocenters. The van der Waals surface area contributed by atoms with E-state index in [1.807, 2.05) is 0 Å². The zero-order valence-corrected chi connectivity index (χ0v) is 15.4. The monoisotopic (exact) mass is 300 g/mol. The summed E-state index contributed by atoms with van der Waals surface area (Å²) in [7, 11) is 0.640. The van der Waals surface area contributed by atoms with Crippen LogP contribution in [0.3, 0.4) is 0 Å². The van der Waals surface area contributed by atoms with Crippen molar-refractivity contribution in [2.75, 3.05) is 5.90 Å². The Hall–Kier alpha value is 0.860. The highest BCUT2D eigenvalue weighted by Gasteiger charge is 2.33. The van der Waals surface area contributed by atoms with Gasteiger partial charge in [-0.25, -0.2) is 0 Å². The molecule has 2 aliphatic rings. The van der Waals surface area contributed by atoms with Gasteiger partial charge in [0.05, 0.1) is 0 Å². The Balaban J connectivity index is 1.99. The van der Waals surface area contributed by atoms with E-state index in [2.05, 4.69) is 27.7 Å². The SMILES string of the molecule is CC(C)P(CP(C(C)C)C1CCCC1)C1CCCC1. The lowest BCUT2D eigenvalue weighted by molar-refractivity contribution is 0.861. The van der Waals surface area contributed by atoms with Crippen LogP contribution in [0.1, 0.15) is 79.1 Å². The third-order valence-corrected chi connectivity index (χ3v) is 13.4. The molecule has 112 valence electrons. The summed E-state index contributed by atoms with van der Waals surface area (Å²) >= 11 is 0. The topological polar surface area (TPSA) is 0 Å². The molecule has 0 N–H and O–H groups in total. The zero-order valence-electron chi connectivity index (χ0n) is 13.6. The molecule has 2 heteroatoms. The van der Waals surface area contributed by atoms with E-state index in [-0.39, 0.29) is 0 Å². The average Bonchev–Trinajstić information content (AvgIpc) is 3.00. The maximum Gasteiger partial charge on any atom is -0.0111 e. The van der Waals surface area contributed by atoms with Crippen molar-refractivity contribution >= 4 is 15.8 Å². The molecule has 19 heavy (non-hydrogen) atoms. The highest BCUT2D eigenvalue weighted by molar-refractivity contribution is 7.76. The Kier molecular flexibility index (Phi) is 6.62. The van der Waals surface area contributed by atoms with Crippen LogP contribution in [-0.2, 0) is 0 Å². The molecule has 0 spiro atoms. The molecule has 0 aromatic heterocycles. The van der Waals surface area contributed by atoms with Crippen molar-refractivity contribution in [2.24, 2.45) is 0 Å². The highest BCUT2D eigenvalue weighted by Crippen LogP contribution is 2.64. The highest BCUT2D eigenvalue weighted by atomic mass is 31.2. The predicted molar refractivity (Wildman–Crippen MR) is 93.5 cm³/mol. The van der Waals surface area contributed by atoms with Crippen molar-refractivity contribution in [3.8, 4) is 0 Å². The van der Waals surface area contributed by atoms with Gasteiger partial charge in [0.1, 0.15) is 0 Å². The van der Waals surface area contributed by atoms with Gasteiger partial charge in [-0.05, 0) is 54.2 Å². The van der Waals surface area contributed by atoms with Crippen LogP contribution in [0.15, 0.2) is 0 Å². The summed E-state index contributed by atoms with van der Waals surface area (Å²) in [5, 5.41) is 0. The number of hydrogen-bond donors (Lipinski definition) is 0. The molecular weight excluding hydrogens is 266 g/mol. The lowest BCUT2D eigenvalue weighted by Crippen LogP contribution is -2.15. The van der Waals surface area contributed by atoms with Crippen molar-refractivity contribution in [3.63, 3.8) is 0 Å². The Labute approximate surface area is 124 Å². The predicted octanol–water partition coefficient (Wildman–Crippen LogP) is 6.61. The Morgan fingerprint density at radius 3 is 1.26 bits per heavy atom. The largest absolute Gasteiger partial charge is 0.0965 e. The minimum absolute atomic E-state index is 0.320. The Bertz CT molecular complexity index is 224. The second kappa shape index (κ2) is 7.75. The molecule has 0 heterocycles. The van der Waals surface area contributed by atoms with Crippen LogP contribution in [0.25, 0.3) is 0 Å². The molecule has 0 amide bonds. The molecule has 2 aliphatic carbocycles. The van der Waals surface area contributed by atoms with Crippen LogP contribution < -0.4 is 0 Å². The standard InChI is InChI=1S/C17H34P2/c1-14(2)18(16-9-5-6-10-16)13-19(15(3)4)17-11-7-8-12-17/h14-17H,5-13H2,1-4H3. The molecule has 0 aromatic rings. The second-order valence-electron chi connectivity index (χ2n) is 7.23. The fourth-order valence-electron chi connectivity index (χ4n) is 4.06. The first-order chi connectivity index (χ1) is 9.09. The molecule has 0 aromatic carbocycles. The molecule has 2 unspecified atom stereocenters. The van der Waals surface area contributed by atoms with Gasteiger partial charge in [-0.1, -0.05) is 69.2 Å². The van der Waals surface area contributed by atoms with Crippen LogP contribution in [0.2, 0.25) is 0 Å². The fourth-order valence-corrected chi connectivity index (χ4v) is 13.8. The van der Waals surface area contributed by atoms with E-state index in [1.165, 1.54) is 25.7 Å². The Morgan fingerprint density at radius 1 is 0.684 bits per heavy atom. The summed E-state index contributed by atoms with van der Waals surface area (Å²) in [4.78, 5) is 0. The zero-order chi connectivity index (χ0) is 13.8. The van der Waals surface area contributed by atoms with Crippen molar-refractivity contribution in [3.05, 3.63) is 0 Å². The van der Waals surface area contributed by atoms with E-state index in [4.69, 9.17) is 0 Å². The van der Waals surface area contributed by atoms with Gasteiger partial charge in [0.2, 0.25) is 0 Å². The molecule has 0 nitrogen and oxygen atoms in total.